The third-order valence-corrected chi connectivity index (χ3v) is 1.34. The zero-order valence-electron chi connectivity index (χ0n) is 6.68. The van der Waals surface area contributed by atoms with Crippen molar-refractivity contribution in [3.05, 3.63) is 36.2 Å². The summed E-state index contributed by atoms with van der Waals surface area (Å²) in [7, 11) is 0. The fourth-order valence-electron chi connectivity index (χ4n) is 0.995. The largest absolute Gasteiger partial charge is 0.435 e. The highest BCUT2D eigenvalue weighted by Gasteiger charge is 2.04. The van der Waals surface area contributed by atoms with E-state index in [0.717, 1.165) is 5.56 Å². The van der Waals surface area contributed by atoms with E-state index in [9.17, 15) is 8.78 Å². The maximum Gasteiger partial charge on any atom is 0.387 e. The van der Waals surface area contributed by atoms with Crippen LogP contribution in [0.1, 0.15) is 11.1 Å². The van der Waals surface area contributed by atoms with Crippen LogP contribution >= 0.6 is 0 Å². The van der Waals surface area contributed by atoms with Crippen LogP contribution in [0.25, 0.3) is 0 Å². The van der Waals surface area contributed by atoms with E-state index in [1.54, 1.807) is 19.1 Å². The molecule has 1 rings (SSSR count). The summed E-state index contributed by atoms with van der Waals surface area (Å²) in [6.45, 7) is 2.65. The number of alkyl halides is 2. The van der Waals surface area contributed by atoms with Gasteiger partial charge in [0.25, 0.3) is 0 Å². The summed E-state index contributed by atoms with van der Waals surface area (Å²) < 4.78 is 27.7. The first-order chi connectivity index (χ1) is 5.58. The van der Waals surface area contributed by atoms with E-state index in [-0.39, 0.29) is 5.75 Å². The van der Waals surface area contributed by atoms with E-state index >= 15 is 0 Å². The van der Waals surface area contributed by atoms with Crippen molar-refractivity contribution in [1.82, 2.24) is 0 Å². The van der Waals surface area contributed by atoms with E-state index in [2.05, 4.69) is 11.7 Å². The molecular weight excluding hydrogens is 162 g/mol. The highest BCUT2D eigenvalue weighted by Crippen LogP contribution is 2.17. The standard InChI is InChI=1S/C9H9F2O/c1-6-3-7(2)5-8(4-6)12-9(10)11/h3-5,9H,1H2,2H3. The van der Waals surface area contributed by atoms with Gasteiger partial charge in [0.15, 0.2) is 0 Å². The second-order valence-corrected chi connectivity index (χ2v) is 2.53. The average Bonchev–Trinajstić information content (AvgIpc) is 1.81. The van der Waals surface area contributed by atoms with Crippen LogP contribution in [0.2, 0.25) is 0 Å². The van der Waals surface area contributed by atoms with Crippen molar-refractivity contribution in [3.63, 3.8) is 0 Å². The molecule has 1 nitrogen and oxygen atoms in total. The number of rotatable bonds is 2. The van der Waals surface area contributed by atoms with Crippen molar-refractivity contribution in [2.75, 3.05) is 0 Å². The number of hydrogen-bond acceptors (Lipinski definition) is 1. The molecule has 1 radical (unpaired) electrons. The van der Waals surface area contributed by atoms with Crippen LogP contribution < -0.4 is 4.74 Å². The maximum absolute atomic E-state index is 11.7. The Labute approximate surface area is 70.0 Å². The summed E-state index contributed by atoms with van der Waals surface area (Å²) in [4.78, 5) is 0. The summed E-state index contributed by atoms with van der Waals surface area (Å²) >= 11 is 0. The maximum atomic E-state index is 11.7. The Morgan fingerprint density at radius 1 is 1.33 bits per heavy atom. The van der Waals surface area contributed by atoms with Gasteiger partial charge in [-0.2, -0.15) is 8.78 Å². The van der Waals surface area contributed by atoms with Gasteiger partial charge in [-0.05, 0) is 37.1 Å². The summed E-state index contributed by atoms with van der Waals surface area (Å²) in [5.41, 5.74) is 1.53. The SMILES string of the molecule is [CH2]c1cc(C)cc(OC(F)F)c1. The molecule has 0 atom stereocenters. The lowest BCUT2D eigenvalue weighted by Gasteiger charge is -2.05. The minimum Gasteiger partial charge on any atom is -0.435 e. The summed E-state index contributed by atoms with van der Waals surface area (Å²) in [5.74, 6) is 0.162. The van der Waals surface area contributed by atoms with Gasteiger partial charge in [-0.3, -0.25) is 0 Å². The molecule has 0 saturated carbocycles. The molecule has 0 aliphatic carbocycles. The Hall–Kier alpha value is -1.12. The van der Waals surface area contributed by atoms with Gasteiger partial charge in [-0.25, -0.2) is 0 Å². The molecule has 3 heteroatoms. The number of ether oxygens (including phenoxy) is 1. The van der Waals surface area contributed by atoms with Crippen molar-refractivity contribution < 1.29 is 13.5 Å². The lowest BCUT2D eigenvalue weighted by molar-refractivity contribution is -0.0498. The number of hydrogen-bond donors (Lipinski definition) is 0. The molecule has 12 heavy (non-hydrogen) atoms. The molecule has 0 spiro atoms. The van der Waals surface area contributed by atoms with Gasteiger partial charge in [0.2, 0.25) is 0 Å². The summed E-state index contributed by atoms with van der Waals surface area (Å²) in [6.07, 6.45) is 0. The lowest BCUT2D eigenvalue weighted by atomic mass is 10.1. The molecule has 65 valence electrons. The molecule has 1 aromatic carbocycles. The number of aryl methyl sites for hydroxylation is 1. The Morgan fingerprint density at radius 2 is 2.00 bits per heavy atom. The molecule has 1 aromatic rings. The number of benzene rings is 1. The first-order valence-electron chi connectivity index (χ1n) is 3.46. The molecule has 0 fully saturated rings. The second kappa shape index (κ2) is 3.52. The van der Waals surface area contributed by atoms with E-state index in [1.165, 1.54) is 6.07 Å². The first kappa shape index (κ1) is 8.97. The highest BCUT2D eigenvalue weighted by atomic mass is 19.3. The van der Waals surface area contributed by atoms with Gasteiger partial charge in [-0.15, -0.1) is 0 Å². The zero-order valence-corrected chi connectivity index (χ0v) is 6.68. The van der Waals surface area contributed by atoms with Crippen molar-refractivity contribution in [3.8, 4) is 5.75 Å². The molecule has 0 N–H and O–H groups in total. The molecular formula is C9H9F2O. The third-order valence-electron chi connectivity index (χ3n) is 1.34. The van der Waals surface area contributed by atoms with Crippen molar-refractivity contribution in [2.24, 2.45) is 0 Å². The van der Waals surface area contributed by atoms with Gasteiger partial charge < -0.3 is 4.74 Å². The van der Waals surface area contributed by atoms with Crippen LogP contribution in [-0.2, 0) is 0 Å². The minimum absolute atomic E-state index is 0.162. The smallest absolute Gasteiger partial charge is 0.387 e. The molecule has 0 saturated heterocycles. The Morgan fingerprint density at radius 3 is 2.50 bits per heavy atom. The van der Waals surface area contributed by atoms with E-state index in [1.807, 2.05) is 0 Å². The van der Waals surface area contributed by atoms with Crippen LogP contribution in [0.4, 0.5) is 8.78 Å². The van der Waals surface area contributed by atoms with Crippen LogP contribution in [0, 0.1) is 13.8 Å². The minimum atomic E-state index is -2.77. The Bertz CT molecular complexity index is 251. The normalized spacial score (nSPS) is 10.4. The fraction of sp³-hybridized carbons (Fsp3) is 0.222. The summed E-state index contributed by atoms with van der Waals surface area (Å²) in [6, 6.07) is 4.80. The van der Waals surface area contributed by atoms with Gasteiger partial charge >= 0.3 is 6.61 Å². The monoisotopic (exact) mass is 171 g/mol. The van der Waals surface area contributed by atoms with E-state index < -0.39 is 6.61 Å². The second-order valence-electron chi connectivity index (χ2n) is 2.53. The van der Waals surface area contributed by atoms with Crippen LogP contribution in [0.3, 0.4) is 0 Å². The fourth-order valence-corrected chi connectivity index (χ4v) is 0.995. The van der Waals surface area contributed by atoms with Crippen molar-refractivity contribution >= 4 is 0 Å². The Balaban J connectivity index is 2.85. The van der Waals surface area contributed by atoms with Crippen LogP contribution in [0.5, 0.6) is 5.75 Å². The quantitative estimate of drug-likeness (QED) is 0.664. The topological polar surface area (TPSA) is 9.23 Å². The van der Waals surface area contributed by atoms with Crippen LogP contribution in [-0.4, -0.2) is 6.61 Å². The zero-order chi connectivity index (χ0) is 9.14. The lowest BCUT2D eigenvalue weighted by Crippen LogP contribution is -2.02. The molecule has 0 heterocycles. The molecule has 0 aliphatic heterocycles. The molecule has 0 bridgehead atoms. The van der Waals surface area contributed by atoms with E-state index in [0.29, 0.717) is 5.56 Å². The third kappa shape index (κ3) is 2.49. The van der Waals surface area contributed by atoms with Gasteiger partial charge in [-0.1, -0.05) is 6.07 Å². The first-order valence-corrected chi connectivity index (χ1v) is 3.46. The molecule has 0 amide bonds. The van der Waals surface area contributed by atoms with Crippen molar-refractivity contribution in [1.29, 1.82) is 0 Å². The van der Waals surface area contributed by atoms with Gasteiger partial charge in [0.05, 0.1) is 0 Å². The highest BCUT2D eigenvalue weighted by molar-refractivity contribution is 5.35. The van der Waals surface area contributed by atoms with E-state index in [4.69, 9.17) is 0 Å². The predicted octanol–water partition coefficient (Wildman–Crippen LogP) is 2.78. The van der Waals surface area contributed by atoms with Gasteiger partial charge in [0, 0.05) is 0 Å². The van der Waals surface area contributed by atoms with Crippen LogP contribution in [0.15, 0.2) is 18.2 Å². The average molecular weight is 171 g/mol. The van der Waals surface area contributed by atoms with Gasteiger partial charge in [0.1, 0.15) is 5.75 Å². The molecule has 0 aliphatic rings. The summed E-state index contributed by atoms with van der Waals surface area (Å²) in [5, 5.41) is 0. The molecule has 0 unspecified atom stereocenters. The number of halogens is 2. The molecule has 0 aromatic heterocycles. The van der Waals surface area contributed by atoms with Crippen molar-refractivity contribution in [2.45, 2.75) is 13.5 Å². The Kier molecular flexibility index (Phi) is 2.63. The predicted molar refractivity (Wildman–Crippen MR) is 42.3 cm³/mol.